The maximum atomic E-state index is 6.45. The van der Waals surface area contributed by atoms with Gasteiger partial charge in [0, 0.05) is 25.2 Å². The molecule has 0 spiro atoms. The third-order valence-electron chi connectivity index (χ3n) is 4.66. The van der Waals surface area contributed by atoms with Crippen molar-refractivity contribution in [3.8, 4) is 0 Å². The van der Waals surface area contributed by atoms with E-state index < -0.39 is 0 Å². The molecule has 2 atom stereocenters. The van der Waals surface area contributed by atoms with Gasteiger partial charge in [0.1, 0.15) is 0 Å². The Balaban J connectivity index is 1.71. The molecule has 2 saturated heterocycles. The van der Waals surface area contributed by atoms with E-state index in [0.717, 1.165) is 29.4 Å². The van der Waals surface area contributed by atoms with Crippen molar-refractivity contribution >= 4 is 17.3 Å². The number of hydrogen-bond donors (Lipinski definition) is 1. The lowest BCUT2D eigenvalue weighted by molar-refractivity contribution is 0.260. The number of anilines is 1. The SMILES string of the molecule is CC(N)c1ccc(N2CCC(N3CCCC3)C2)c(Cl)c1. The molecule has 0 bridgehead atoms. The molecule has 4 heteroatoms. The molecule has 0 aromatic heterocycles. The summed E-state index contributed by atoms with van der Waals surface area (Å²) < 4.78 is 0. The third-order valence-corrected chi connectivity index (χ3v) is 4.96. The van der Waals surface area contributed by atoms with Crippen molar-refractivity contribution in [2.45, 2.75) is 38.3 Å². The molecule has 3 rings (SSSR count). The van der Waals surface area contributed by atoms with Gasteiger partial charge in [-0.15, -0.1) is 0 Å². The minimum Gasteiger partial charge on any atom is -0.369 e. The van der Waals surface area contributed by atoms with Crippen LogP contribution < -0.4 is 10.6 Å². The highest BCUT2D eigenvalue weighted by Gasteiger charge is 2.30. The second kappa shape index (κ2) is 5.92. The molecule has 2 fully saturated rings. The molecule has 2 N–H and O–H groups in total. The predicted molar refractivity (Wildman–Crippen MR) is 85.5 cm³/mol. The van der Waals surface area contributed by atoms with E-state index in [9.17, 15) is 0 Å². The van der Waals surface area contributed by atoms with Crippen LogP contribution in [0.15, 0.2) is 18.2 Å². The van der Waals surface area contributed by atoms with Crippen molar-refractivity contribution in [2.75, 3.05) is 31.1 Å². The van der Waals surface area contributed by atoms with Gasteiger partial charge < -0.3 is 10.6 Å². The van der Waals surface area contributed by atoms with Crippen LogP contribution in [0.3, 0.4) is 0 Å². The standard InChI is InChI=1S/C16H24ClN3/c1-12(18)13-4-5-16(15(17)10-13)20-9-6-14(11-20)19-7-2-3-8-19/h4-5,10,12,14H,2-3,6-9,11,18H2,1H3. The molecule has 0 aliphatic carbocycles. The van der Waals surface area contributed by atoms with Gasteiger partial charge in [0.05, 0.1) is 10.7 Å². The molecular weight excluding hydrogens is 270 g/mol. The second-order valence-electron chi connectivity index (χ2n) is 6.13. The fourth-order valence-corrected chi connectivity index (χ4v) is 3.74. The van der Waals surface area contributed by atoms with Crippen LogP contribution in [0.5, 0.6) is 0 Å². The molecule has 2 aliphatic heterocycles. The fourth-order valence-electron chi connectivity index (χ4n) is 3.43. The summed E-state index contributed by atoms with van der Waals surface area (Å²) in [5, 5.41) is 0.835. The van der Waals surface area contributed by atoms with Crippen molar-refractivity contribution in [1.29, 1.82) is 0 Å². The number of nitrogens with two attached hydrogens (primary N) is 1. The molecule has 1 aromatic rings. The molecule has 3 nitrogen and oxygen atoms in total. The number of rotatable bonds is 3. The van der Waals surface area contributed by atoms with Gasteiger partial charge in [0.25, 0.3) is 0 Å². The van der Waals surface area contributed by atoms with Gasteiger partial charge in [0.15, 0.2) is 0 Å². The predicted octanol–water partition coefficient (Wildman–Crippen LogP) is 3.03. The summed E-state index contributed by atoms with van der Waals surface area (Å²) in [4.78, 5) is 5.07. The molecular formula is C16H24ClN3. The summed E-state index contributed by atoms with van der Waals surface area (Å²) in [7, 11) is 0. The molecule has 1 aromatic carbocycles. The summed E-state index contributed by atoms with van der Waals surface area (Å²) >= 11 is 6.45. The molecule has 2 unspecified atom stereocenters. The zero-order valence-electron chi connectivity index (χ0n) is 12.2. The van der Waals surface area contributed by atoms with Gasteiger partial charge in [-0.25, -0.2) is 0 Å². The van der Waals surface area contributed by atoms with Gasteiger partial charge in [-0.3, -0.25) is 4.90 Å². The average Bonchev–Trinajstić information content (AvgIpc) is 3.09. The van der Waals surface area contributed by atoms with E-state index in [2.05, 4.69) is 21.9 Å². The Bertz CT molecular complexity index is 469. The van der Waals surface area contributed by atoms with Crippen LogP contribution in [0.2, 0.25) is 5.02 Å². The lowest BCUT2D eigenvalue weighted by atomic mass is 10.1. The first-order chi connectivity index (χ1) is 9.65. The highest BCUT2D eigenvalue weighted by Crippen LogP contribution is 2.32. The van der Waals surface area contributed by atoms with E-state index in [1.165, 1.54) is 32.4 Å². The third kappa shape index (κ3) is 2.80. The van der Waals surface area contributed by atoms with Gasteiger partial charge in [-0.1, -0.05) is 17.7 Å². The van der Waals surface area contributed by atoms with Gasteiger partial charge >= 0.3 is 0 Å². The Morgan fingerprint density at radius 3 is 2.65 bits per heavy atom. The highest BCUT2D eigenvalue weighted by molar-refractivity contribution is 6.33. The van der Waals surface area contributed by atoms with Crippen molar-refractivity contribution in [3.63, 3.8) is 0 Å². The minimum atomic E-state index is 0.0393. The van der Waals surface area contributed by atoms with Crippen molar-refractivity contribution in [3.05, 3.63) is 28.8 Å². The zero-order chi connectivity index (χ0) is 14.1. The highest BCUT2D eigenvalue weighted by atomic mass is 35.5. The summed E-state index contributed by atoms with van der Waals surface area (Å²) in [6.07, 6.45) is 3.98. The minimum absolute atomic E-state index is 0.0393. The average molecular weight is 294 g/mol. The molecule has 0 amide bonds. The van der Waals surface area contributed by atoms with Crippen LogP contribution in [0.1, 0.15) is 37.8 Å². The van der Waals surface area contributed by atoms with Crippen LogP contribution in [0, 0.1) is 0 Å². The Morgan fingerprint density at radius 2 is 2.00 bits per heavy atom. The maximum absolute atomic E-state index is 6.45. The lowest BCUT2D eigenvalue weighted by Crippen LogP contribution is -2.35. The Hall–Kier alpha value is -0.770. The largest absolute Gasteiger partial charge is 0.369 e. The van der Waals surface area contributed by atoms with Gasteiger partial charge in [-0.2, -0.15) is 0 Å². The van der Waals surface area contributed by atoms with Crippen LogP contribution >= 0.6 is 11.6 Å². The Kier molecular flexibility index (Phi) is 4.20. The van der Waals surface area contributed by atoms with Crippen molar-refractivity contribution < 1.29 is 0 Å². The smallest absolute Gasteiger partial charge is 0.0642 e. The number of hydrogen-bond acceptors (Lipinski definition) is 3. The monoisotopic (exact) mass is 293 g/mol. The van der Waals surface area contributed by atoms with E-state index in [4.69, 9.17) is 17.3 Å². The molecule has 0 radical (unpaired) electrons. The molecule has 110 valence electrons. The van der Waals surface area contributed by atoms with Crippen LogP contribution in [-0.4, -0.2) is 37.1 Å². The summed E-state index contributed by atoms with van der Waals surface area (Å²) in [6.45, 7) is 6.76. The molecule has 2 heterocycles. The van der Waals surface area contributed by atoms with Crippen molar-refractivity contribution in [1.82, 2.24) is 4.90 Å². The van der Waals surface area contributed by atoms with E-state index in [1.54, 1.807) is 0 Å². The van der Waals surface area contributed by atoms with E-state index in [-0.39, 0.29) is 6.04 Å². The first-order valence-corrected chi connectivity index (χ1v) is 8.07. The lowest BCUT2D eigenvalue weighted by Gasteiger charge is -2.25. The summed E-state index contributed by atoms with van der Waals surface area (Å²) in [5.74, 6) is 0. The number of benzene rings is 1. The second-order valence-corrected chi connectivity index (χ2v) is 6.54. The summed E-state index contributed by atoms with van der Waals surface area (Å²) in [6, 6.07) is 7.01. The maximum Gasteiger partial charge on any atom is 0.0642 e. The quantitative estimate of drug-likeness (QED) is 0.930. The molecule has 2 aliphatic rings. The first-order valence-electron chi connectivity index (χ1n) is 7.69. The molecule has 0 saturated carbocycles. The zero-order valence-corrected chi connectivity index (χ0v) is 12.9. The fraction of sp³-hybridized carbons (Fsp3) is 0.625. The summed E-state index contributed by atoms with van der Waals surface area (Å²) in [5.41, 5.74) is 8.18. The van der Waals surface area contributed by atoms with Crippen LogP contribution in [0.25, 0.3) is 0 Å². The number of likely N-dealkylation sites (tertiary alicyclic amines) is 1. The Morgan fingerprint density at radius 1 is 1.25 bits per heavy atom. The van der Waals surface area contributed by atoms with Gasteiger partial charge in [-0.05, 0) is 57.0 Å². The van der Waals surface area contributed by atoms with Crippen LogP contribution in [-0.2, 0) is 0 Å². The van der Waals surface area contributed by atoms with E-state index in [0.29, 0.717) is 6.04 Å². The Labute approximate surface area is 126 Å². The van der Waals surface area contributed by atoms with E-state index >= 15 is 0 Å². The topological polar surface area (TPSA) is 32.5 Å². The normalized spacial score (nSPS) is 25.4. The number of nitrogens with zero attached hydrogens (tertiary/aromatic N) is 2. The number of halogens is 1. The van der Waals surface area contributed by atoms with E-state index in [1.807, 2.05) is 13.0 Å². The van der Waals surface area contributed by atoms with Crippen molar-refractivity contribution in [2.24, 2.45) is 5.73 Å². The van der Waals surface area contributed by atoms with Crippen LogP contribution in [0.4, 0.5) is 5.69 Å². The van der Waals surface area contributed by atoms with Gasteiger partial charge in [0.2, 0.25) is 0 Å². The first kappa shape index (κ1) is 14.2. The molecule has 20 heavy (non-hydrogen) atoms.